The molecule has 5 nitrogen and oxygen atoms in total. The zero-order valence-corrected chi connectivity index (χ0v) is 10.3. The van der Waals surface area contributed by atoms with Gasteiger partial charge in [0.05, 0.1) is 12.6 Å². The fourth-order valence-electron chi connectivity index (χ4n) is 1.41. The molecular weight excluding hydrogens is 237 g/mol. The van der Waals surface area contributed by atoms with Gasteiger partial charge in [-0.1, -0.05) is 6.07 Å². The molecule has 0 spiro atoms. The second-order valence-corrected chi connectivity index (χ2v) is 4.04. The van der Waals surface area contributed by atoms with Crippen LogP contribution in [0.5, 0.6) is 0 Å². The van der Waals surface area contributed by atoms with Crippen molar-refractivity contribution in [3.8, 4) is 0 Å². The third-order valence-electron chi connectivity index (χ3n) is 2.25. The smallest absolute Gasteiger partial charge is 0.243 e. The molecule has 1 aromatic rings. The van der Waals surface area contributed by atoms with E-state index in [4.69, 9.17) is 5.73 Å². The van der Waals surface area contributed by atoms with E-state index in [2.05, 4.69) is 5.32 Å². The van der Waals surface area contributed by atoms with E-state index in [1.807, 2.05) is 0 Å². The van der Waals surface area contributed by atoms with Crippen LogP contribution in [0.4, 0.5) is 10.1 Å². The van der Waals surface area contributed by atoms with Crippen molar-refractivity contribution in [1.29, 1.82) is 0 Å². The number of carbonyl (C=O) groups is 2. The lowest BCUT2D eigenvalue weighted by Gasteiger charge is -2.18. The van der Waals surface area contributed by atoms with Crippen molar-refractivity contribution in [2.45, 2.75) is 13.0 Å². The summed E-state index contributed by atoms with van der Waals surface area (Å²) in [7, 11) is 1.48. The van der Waals surface area contributed by atoms with Crippen LogP contribution < -0.4 is 11.1 Å². The van der Waals surface area contributed by atoms with Gasteiger partial charge in [0, 0.05) is 12.7 Å². The van der Waals surface area contributed by atoms with Crippen molar-refractivity contribution in [2.24, 2.45) is 5.73 Å². The first kappa shape index (κ1) is 14.1. The zero-order valence-electron chi connectivity index (χ0n) is 10.3. The number of rotatable bonds is 4. The van der Waals surface area contributed by atoms with Crippen LogP contribution in [-0.2, 0) is 9.59 Å². The lowest BCUT2D eigenvalue weighted by Crippen LogP contribution is -2.43. The summed E-state index contributed by atoms with van der Waals surface area (Å²) in [6.07, 6.45) is 0. The molecule has 0 unspecified atom stereocenters. The standard InChI is InChI=1S/C12H16FN3O2/c1-8(14)12(18)16(2)7-11(17)15-10-5-3-4-9(13)6-10/h3-6,8H,7,14H2,1-2H3,(H,15,17)/t8-/m1/s1. The Balaban J connectivity index is 2.54. The maximum atomic E-state index is 12.9. The second kappa shape index (κ2) is 6.11. The molecule has 1 atom stereocenters. The molecule has 0 aromatic heterocycles. The Morgan fingerprint density at radius 1 is 1.50 bits per heavy atom. The molecule has 0 heterocycles. The van der Waals surface area contributed by atoms with Gasteiger partial charge in [0.2, 0.25) is 11.8 Å². The number of benzene rings is 1. The minimum atomic E-state index is -0.656. The number of halogens is 1. The van der Waals surface area contributed by atoms with Gasteiger partial charge in [-0.2, -0.15) is 0 Å². The van der Waals surface area contributed by atoms with Gasteiger partial charge >= 0.3 is 0 Å². The summed E-state index contributed by atoms with van der Waals surface area (Å²) in [6, 6.07) is 4.87. The Labute approximate surface area is 105 Å². The molecule has 6 heteroatoms. The van der Waals surface area contributed by atoms with Crippen LogP contribution in [-0.4, -0.2) is 36.3 Å². The maximum absolute atomic E-state index is 12.9. The third kappa shape index (κ3) is 4.14. The Morgan fingerprint density at radius 2 is 2.17 bits per heavy atom. The number of amides is 2. The van der Waals surface area contributed by atoms with E-state index in [9.17, 15) is 14.0 Å². The third-order valence-corrected chi connectivity index (χ3v) is 2.25. The largest absolute Gasteiger partial charge is 0.335 e. The number of carbonyl (C=O) groups excluding carboxylic acids is 2. The predicted molar refractivity (Wildman–Crippen MR) is 66.3 cm³/mol. The number of likely N-dealkylation sites (N-methyl/N-ethyl adjacent to an activating group) is 1. The lowest BCUT2D eigenvalue weighted by molar-refractivity contribution is -0.134. The highest BCUT2D eigenvalue weighted by Crippen LogP contribution is 2.08. The van der Waals surface area contributed by atoms with Crippen molar-refractivity contribution in [2.75, 3.05) is 18.9 Å². The van der Waals surface area contributed by atoms with Gasteiger partial charge in [-0.05, 0) is 25.1 Å². The van der Waals surface area contributed by atoms with Crippen molar-refractivity contribution in [3.63, 3.8) is 0 Å². The number of hydrogen-bond acceptors (Lipinski definition) is 3. The zero-order chi connectivity index (χ0) is 13.7. The van der Waals surface area contributed by atoms with Crippen molar-refractivity contribution in [1.82, 2.24) is 4.90 Å². The van der Waals surface area contributed by atoms with Crippen LogP contribution in [0.2, 0.25) is 0 Å². The molecule has 18 heavy (non-hydrogen) atoms. The Morgan fingerprint density at radius 3 is 2.72 bits per heavy atom. The van der Waals surface area contributed by atoms with Crippen LogP contribution in [0, 0.1) is 5.82 Å². The van der Waals surface area contributed by atoms with Gasteiger partial charge in [-0.15, -0.1) is 0 Å². The summed E-state index contributed by atoms with van der Waals surface area (Å²) in [5.41, 5.74) is 5.76. The molecule has 0 fully saturated rings. The molecule has 0 aliphatic heterocycles. The second-order valence-electron chi connectivity index (χ2n) is 4.04. The molecule has 1 rings (SSSR count). The first-order valence-corrected chi connectivity index (χ1v) is 5.46. The van der Waals surface area contributed by atoms with Gasteiger partial charge in [-0.3, -0.25) is 9.59 Å². The van der Waals surface area contributed by atoms with Gasteiger partial charge in [-0.25, -0.2) is 4.39 Å². The van der Waals surface area contributed by atoms with E-state index < -0.39 is 17.8 Å². The van der Waals surface area contributed by atoms with Gasteiger partial charge in [0.25, 0.3) is 0 Å². The fraction of sp³-hybridized carbons (Fsp3) is 0.333. The summed E-state index contributed by atoms with van der Waals surface area (Å²) in [6.45, 7) is 1.42. The minimum absolute atomic E-state index is 0.128. The Hall–Kier alpha value is -1.95. The molecule has 0 bridgehead atoms. The quantitative estimate of drug-likeness (QED) is 0.823. The molecular formula is C12H16FN3O2. The first-order chi connectivity index (χ1) is 8.40. The summed E-state index contributed by atoms with van der Waals surface area (Å²) < 4.78 is 12.9. The predicted octanol–water partition coefficient (Wildman–Crippen LogP) is 0.570. The van der Waals surface area contributed by atoms with Crippen LogP contribution in [0.3, 0.4) is 0 Å². The SMILES string of the molecule is C[C@@H](N)C(=O)N(C)CC(=O)Nc1cccc(F)c1. The summed E-state index contributed by atoms with van der Waals surface area (Å²) >= 11 is 0. The number of nitrogens with zero attached hydrogens (tertiary/aromatic N) is 1. The summed E-state index contributed by atoms with van der Waals surface area (Å²) in [4.78, 5) is 24.3. The van der Waals surface area contributed by atoms with Gasteiger partial charge in [0.15, 0.2) is 0 Å². The maximum Gasteiger partial charge on any atom is 0.243 e. The Bertz CT molecular complexity index is 449. The van der Waals surface area contributed by atoms with E-state index in [1.165, 1.54) is 30.1 Å². The molecule has 0 radical (unpaired) electrons. The van der Waals surface area contributed by atoms with Crippen molar-refractivity contribution < 1.29 is 14.0 Å². The van der Waals surface area contributed by atoms with E-state index in [0.717, 1.165) is 0 Å². The Kier molecular flexibility index (Phi) is 4.79. The number of hydrogen-bond donors (Lipinski definition) is 2. The van der Waals surface area contributed by atoms with Crippen molar-refractivity contribution in [3.05, 3.63) is 30.1 Å². The number of nitrogens with one attached hydrogen (secondary N) is 1. The molecule has 0 saturated carbocycles. The molecule has 3 N–H and O–H groups in total. The van der Waals surface area contributed by atoms with Crippen LogP contribution in [0.1, 0.15) is 6.92 Å². The minimum Gasteiger partial charge on any atom is -0.335 e. The van der Waals surface area contributed by atoms with Gasteiger partial charge in [0.1, 0.15) is 5.82 Å². The van der Waals surface area contributed by atoms with Crippen LogP contribution in [0.25, 0.3) is 0 Å². The summed E-state index contributed by atoms with van der Waals surface area (Å²) in [5, 5.41) is 2.49. The van der Waals surface area contributed by atoms with E-state index >= 15 is 0 Å². The highest BCUT2D eigenvalue weighted by atomic mass is 19.1. The first-order valence-electron chi connectivity index (χ1n) is 5.46. The molecule has 2 amide bonds. The van der Waals surface area contributed by atoms with E-state index in [-0.39, 0.29) is 12.5 Å². The average molecular weight is 253 g/mol. The fourth-order valence-corrected chi connectivity index (χ4v) is 1.41. The van der Waals surface area contributed by atoms with Crippen LogP contribution >= 0.6 is 0 Å². The normalized spacial score (nSPS) is 11.8. The highest BCUT2D eigenvalue weighted by Gasteiger charge is 2.16. The summed E-state index contributed by atoms with van der Waals surface area (Å²) in [5.74, 6) is -1.17. The lowest BCUT2D eigenvalue weighted by atomic mass is 10.3. The highest BCUT2D eigenvalue weighted by molar-refractivity contribution is 5.95. The molecule has 0 aliphatic rings. The molecule has 98 valence electrons. The van der Waals surface area contributed by atoms with Crippen molar-refractivity contribution >= 4 is 17.5 Å². The number of anilines is 1. The average Bonchev–Trinajstić information content (AvgIpc) is 2.27. The molecule has 1 aromatic carbocycles. The monoisotopic (exact) mass is 253 g/mol. The van der Waals surface area contributed by atoms with E-state index in [0.29, 0.717) is 5.69 Å². The molecule has 0 aliphatic carbocycles. The van der Waals surface area contributed by atoms with Gasteiger partial charge < -0.3 is 16.0 Å². The van der Waals surface area contributed by atoms with Crippen LogP contribution in [0.15, 0.2) is 24.3 Å². The van der Waals surface area contributed by atoms with E-state index in [1.54, 1.807) is 13.0 Å². The topological polar surface area (TPSA) is 75.4 Å². The number of nitrogens with two attached hydrogens (primary N) is 1. The molecule has 0 saturated heterocycles.